The van der Waals surface area contributed by atoms with Gasteiger partial charge in [-0.25, -0.2) is 4.79 Å². The van der Waals surface area contributed by atoms with E-state index in [1.54, 1.807) is 0 Å². The zero-order chi connectivity index (χ0) is 18.6. The van der Waals surface area contributed by atoms with Crippen molar-refractivity contribution in [3.05, 3.63) is 35.4 Å². The maximum atomic E-state index is 12.3. The van der Waals surface area contributed by atoms with Gasteiger partial charge in [0.05, 0.1) is 0 Å². The fourth-order valence-electron chi connectivity index (χ4n) is 4.18. The topological polar surface area (TPSA) is 41.6 Å². The van der Waals surface area contributed by atoms with Crippen LogP contribution in [-0.4, -0.2) is 35.7 Å². The summed E-state index contributed by atoms with van der Waals surface area (Å²) in [6.07, 6.45) is 7.21. The molecule has 2 aliphatic rings. The van der Waals surface area contributed by atoms with E-state index in [1.807, 2.05) is 25.7 Å². The van der Waals surface area contributed by atoms with E-state index < -0.39 is 5.60 Å². The van der Waals surface area contributed by atoms with Crippen molar-refractivity contribution >= 4 is 6.09 Å². The molecule has 1 saturated heterocycles. The third kappa shape index (κ3) is 5.23. The van der Waals surface area contributed by atoms with Gasteiger partial charge in [0.25, 0.3) is 0 Å². The summed E-state index contributed by atoms with van der Waals surface area (Å²) in [5.74, 6) is 0.537. The van der Waals surface area contributed by atoms with Crippen LogP contribution in [0.1, 0.15) is 76.3 Å². The molecular formula is C22H34N2O2. The molecule has 1 N–H and O–H groups in total. The van der Waals surface area contributed by atoms with E-state index in [4.69, 9.17) is 4.74 Å². The van der Waals surface area contributed by atoms with Crippen LogP contribution < -0.4 is 5.32 Å². The van der Waals surface area contributed by atoms with Crippen LogP contribution in [0.25, 0.3) is 0 Å². The fraction of sp³-hybridized carbons (Fsp3) is 0.682. The lowest BCUT2D eigenvalue weighted by Crippen LogP contribution is -2.41. The van der Waals surface area contributed by atoms with Gasteiger partial charge in [0.15, 0.2) is 0 Å². The van der Waals surface area contributed by atoms with E-state index in [-0.39, 0.29) is 6.09 Å². The van der Waals surface area contributed by atoms with Crippen LogP contribution in [0.5, 0.6) is 0 Å². The number of carbonyl (C=O) groups is 1. The van der Waals surface area contributed by atoms with Crippen molar-refractivity contribution in [2.45, 2.75) is 83.4 Å². The average molecular weight is 359 g/mol. The Balaban J connectivity index is 1.56. The lowest BCUT2D eigenvalue weighted by Gasteiger charge is -2.34. The molecule has 1 saturated carbocycles. The van der Waals surface area contributed by atoms with E-state index in [9.17, 15) is 4.79 Å². The highest BCUT2D eigenvalue weighted by Crippen LogP contribution is 2.31. The normalized spacial score (nSPS) is 19.7. The van der Waals surface area contributed by atoms with Gasteiger partial charge in [-0.15, -0.1) is 0 Å². The summed E-state index contributed by atoms with van der Waals surface area (Å²) >= 11 is 0. The number of benzene rings is 1. The van der Waals surface area contributed by atoms with E-state index in [0.29, 0.717) is 12.0 Å². The van der Waals surface area contributed by atoms with Gasteiger partial charge in [0.1, 0.15) is 5.60 Å². The van der Waals surface area contributed by atoms with Crippen LogP contribution in [0.2, 0.25) is 0 Å². The molecule has 1 aromatic rings. The molecule has 1 aliphatic heterocycles. The lowest BCUT2D eigenvalue weighted by atomic mass is 9.86. The van der Waals surface area contributed by atoms with Gasteiger partial charge >= 0.3 is 6.09 Å². The van der Waals surface area contributed by atoms with Gasteiger partial charge in [-0.05, 0) is 63.5 Å². The lowest BCUT2D eigenvalue weighted by molar-refractivity contribution is 0.0204. The van der Waals surface area contributed by atoms with Crippen molar-refractivity contribution in [3.8, 4) is 0 Å². The second-order valence-corrected chi connectivity index (χ2v) is 8.80. The first-order chi connectivity index (χ1) is 12.4. The molecule has 2 fully saturated rings. The molecule has 0 bridgehead atoms. The highest BCUT2D eigenvalue weighted by atomic mass is 16.6. The predicted molar refractivity (Wildman–Crippen MR) is 105 cm³/mol. The van der Waals surface area contributed by atoms with E-state index >= 15 is 0 Å². The second-order valence-electron chi connectivity index (χ2n) is 8.80. The molecule has 3 rings (SSSR count). The number of nitrogens with zero attached hydrogens (tertiary/aromatic N) is 1. The zero-order valence-corrected chi connectivity index (χ0v) is 16.6. The summed E-state index contributed by atoms with van der Waals surface area (Å²) in [7, 11) is 0. The fourth-order valence-corrected chi connectivity index (χ4v) is 4.18. The molecular weight excluding hydrogens is 324 g/mol. The van der Waals surface area contributed by atoms with Gasteiger partial charge in [-0.3, -0.25) is 0 Å². The Labute approximate surface area is 158 Å². The smallest absolute Gasteiger partial charge is 0.410 e. The van der Waals surface area contributed by atoms with Crippen LogP contribution in [0.4, 0.5) is 4.79 Å². The highest BCUT2D eigenvalue weighted by molar-refractivity contribution is 5.68. The van der Waals surface area contributed by atoms with Gasteiger partial charge in [-0.1, -0.05) is 37.1 Å². The summed E-state index contributed by atoms with van der Waals surface area (Å²) in [6, 6.07) is 9.52. The van der Waals surface area contributed by atoms with Crippen molar-refractivity contribution in [3.63, 3.8) is 0 Å². The van der Waals surface area contributed by atoms with Crippen molar-refractivity contribution in [1.29, 1.82) is 0 Å². The summed E-state index contributed by atoms with van der Waals surface area (Å²) < 4.78 is 5.51. The van der Waals surface area contributed by atoms with Crippen LogP contribution in [0.15, 0.2) is 24.3 Å². The molecule has 4 heteroatoms. The number of hydrogen-bond acceptors (Lipinski definition) is 3. The third-order valence-corrected chi connectivity index (χ3v) is 5.58. The summed E-state index contributed by atoms with van der Waals surface area (Å²) in [6.45, 7) is 8.29. The van der Waals surface area contributed by atoms with E-state index in [2.05, 4.69) is 29.6 Å². The molecule has 4 nitrogen and oxygen atoms in total. The van der Waals surface area contributed by atoms with Crippen LogP contribution in [-0.2, 0) is 11.3 Å². The molecule has 0 aromatic heterocycles. The molecule has 1 heterocycles. The molecule has 0 atom stereocenters. The zero-order valence-electron chi connectivity index (χ0n) is 16.6. The Kier molecular flexibility index (Phi) is 6.23. The van der Waals surface area contributed by atoms with Gasteiger partial charge in [-0.2, -0.15) is 0 Å². The van der Waals surface area contributed by atoms with E-state index in [1.165, 1.54) is 36.8 Å². The first-order valence-electron chi connectivity index (χ1n) is 10.2. The van der Waals surface area contributed by atoms with Crippen molar-refractivity contribution in [2.75, 3.05) is 13.1 Å². The molecule has 0 unspecified atom stereocenters. The number of nitrogens with one attached hydrogen (secondary N) is 1. The van der Waals surface area contributed by atoms with Crippen LogP contribution in [0, 0.1) is 0 Å². The van der Waals surface area contributed by atoms with Gasteiger partial charge < -0.3 is 15.0 Å². The standard InChI is InChI=1S/C22H34N2O2/c1-22(2,3)26-21(25)24-14-12-17(13-15-24)20-11-7-4-8-18(20)16-23-19-9-5-6-10-19/h4,7-8,11,17,19,23H,5-6,9-10,12-16H2,1-3H3. The van der Waals surface area contributed by atoms with Crippen LogP contribution >= 0.6 is 0 Å². The number of rotatable bonds is 4. The van der Waals surface area contributed by atoms with Crippen molar-refractivity contribution in [1.82, 2.24) is 10.2 Å². The number of amides is 1. The molecule has 26 heavy (non-hydrogen) atoms. The second kappa shape index (κ2) is 8.43. The Hall–Kier alpha value is -1.55. The maximum Gasteiger partial charge on any atom is 0.410 e. The van der Waals surface area contributed by atoms with E-state index in [0.717, 1.165) is 32.5 Å². The first kappa shape index (κ1) is 19.2. The quantitative estimate of drug-likeness (QED) is 0.838. The van der Waals surface area contributed by atoms with Gasteiger partial charge in [0.2, 0.25) is 0 Å². The van der Waals surface area contributed by atoms with Gasteiger partial charge in [0, 0.05) is 25.7 Å². The number of hydrogen-bond donors (Lipinski definition) is 1. The maximum absolute atomic E-state index is 12.3. The molecule has 0 radical (unpaired) electrons. The number of likely N-dealkylation sites (tertiary alicyclic amines) is 1. The average Bonchev–Trinajstić information content (AvgIpc) is 3.12. The minimum Gasteiger partial charge on any atom is -0.444 e. The molecule has 0 spiro atoms. The monoisotopic (exact) mass is 358 g/mol. The summed E-state index contributed by atoms with van der Waals surface area (Å²) in [5.41, 5.74) is 2.46. The summed E-state index contributed by atoms with van der Waals surface area (Å²) in [5, 5.41) is 3.75. The minimum absolute atomic E-state index is 0.174. The predicted octanol–water partition coefficient (Wildman–Crippen LogP) is 4.83. The third-order valence-electron chi connectivity index (χ3n) is 5.58. The highest BCUT2D eigenvalue weighted by Gasteiger charge is 2.28. The first-order valence-corrected chi connectivity index (χ1v) is 10.2. The van der Waals surface area contributed by atoms with Crippen molar-refractivity contribution in [2.24, 2.45) is 0 Å². The Bertz CT molecular complexity index is 594. The number of ether oxygens (including phenoxy) is 1. The molecule has 144 valence electrons. The number of piperidine rings is 1. The molecule has 1 aromatic carbocycles. The largest absolute Gasteiger partial charge is 0.444 e. The Morgan fingerprint density at radius 3 is 2.42 bits per heavy atom. The van der Waals surface area contributed by atoms with Crippen molar-refractivity contribution < 1.29 is 9.53 Å². The Morgan fingerprint density at radius 2 is 1.77 bits per heavy atom. The molecule has 1 aliphatic carbocycles. The SMILES string of the molecule is CC(C)(C)OC(=O)N1CCC(c2ccccc2CNC2CCCC2)CC1. The number of carbonyl (C=O) groups excluding carboxylic acids is 1. The van der Waals surface area contributed by atoms with Crippen LogP contribution in [0.3, 0.4) is 0 Å². The minimum atomic E-state index is -0.424. The Morgan fingerprint density at radius 1 is 1.12 bits per heavy atom. The molecule has 1 amide bonds. The summed E-state index contributed by atoms with van der Waals surface area (Å²) in [4.78, 5) is 14.1.